The SMILES string of the molecule is COc1cc(Br)c(C)cc1CN1CC[C@@H](O)C1. The van der Waals surface area contributed by atoms with Crippen LogP contribution in [0.25, 0.3) is 0 Å². The second kappa shape index (κ2) is 5.38. The number of aliphatic hydroxyl groups is 1. The van der Waals surface area contributed by atoms with E-state index in [2.05, 4.69) is 33.8 Å². The highest BCUT2D eigenvalue weighted by Gasteiger charge is 2.21. The van der Waals surface area contributed by atoms with Crippen molar-refractivity contribution in [2.75, 3.05) is 20.2 Å². The van der Waals surface area contributed by atoms with E-state index in [4.69, 9.17) is 4.74 Å². The number of hydrogen-bond donors (Lipinski definition) is 1. The number of likely N-dealkylation sites (tertiary alicyclic amines) is 1. The third kappa shape index (κ3) is 3.00. The molecule has 1 aliphatic rings. The normalized spacial score (nSPS) is 20.8. The smallest absolute Gasteiger partial charge is 0.124 e. The monoisotopic (exact) mass is 299 g/mol. The van der Waals surface area contributed by atoms with Gasteiger partial charge in [0.2, 0.25) is 0 Å². The molecule has 0 spiro atoms. The van der Waals surface area contributed by atoms with E-state index >= 15 is 0 Å². The predicted octanol–water partition coefficient (Wildman–Crippen LogP) is 2.33. The Hall–Kier alpha value is -0.580. The van der Waals surface area contributed by atoms with Crippen LogP contribution in [0.1, 0.15) is 17.5 Å². The first-order chi connectivity index (χ1) is 8.10. The number of halogens is 1. The molecule has 0 aliphatic carbocycles. The predicted molar refractivity (Wildman–Crippen MR) is 71.3 cm³/mol. The van der Waals surface area contributed by atoms with Crippen molar-refractivity contribution in [2.24, 2.45) is 0 Å². The molecule has 1 N–H and O–H groups in total. The average Bonchev–Trinajstić information content (AvgIpc) is 2.69. The Morgan fingerprint density at radius 1 is 1.53 bits per heavy atom. The van der Waals surface area contributed by atoms with E-state index in [1.54, 1.807) is 7.11 Å². The molecule has 1 heterocycles. The van der Waals surface area contributed by atoms with Crippen LogP contribution < -0.4 is 4.74 Å². The molecule has 0 radical (unpaired) electrons. The van der Waals surface area contributed by atoms with E-state index in [0.717, 1.165) is 36.3 Å². The third-order valence-corrected chi connectivity index (χ3v) is 4.06. The molecule has 94 valence electrons. The lowest BCUT2D eigenvalue weighted by atomic mass is 10.1. The lowest BCUT2D eigenvalue weighted by Gasteiger charge is -2.18. The molecule has 0 amide bonds. The molecule has 1 fully saturated rings. The van der Waals surface area contributed by atoms with Gasteiger partial charge in [-0.15, -0.1) is 0 Å². The summed E-state index contributed by atoms with van der Waals surface area (Å²) in [5.41, 5.74) is 2.39. The highest BCUT2D eigenvalue weighted by atomic mass is 79.9. The molecule has 1 atom stereocenters. The van der Waals surface area contributed by atoms with Gasteiger partial charge < -0.3 is 9.84 Å². The van der Waals surface area contributed by atoms with E-state index in [-0.39, 0.29) is 6.10 Å². The minimum atomic E-state index is -0.169. The number of aryl methyl sites for hydroxylation is 1. The number of rotatable bonds is 3. The van der Waals surface area contributed by atoms with Gasteiger partial charge in [0.15, 0.2) is 0 Å². The van der Waals surface area contributed by atoms with Crippen molar-refractivity contribution in [1.29, 1.82) is 0 Å². The van der Waals surface area contributed by atoms with Gasteiger partial charge in [0.1, 0.15) is 5.75 Å². The zero-order valence-corrected chi connectivity index (χ0v) is 11.8. The maximum absolute atomic E-state index is 9.52. The largest absolute Gasteiger partial charge is 0.496 e. The van der Waals surface area contributed by atoms with Crippen molar-refractivity contribution in [3.05, 3.63) is 27.7 Å². The average molecular weight is 300 g/mol. The van der Waals surface area contributed by atoms with Gasteiger partial charge in [0, 0.05) is 29.7 Å². The molecular weight excluding hydrogens is 282 g/mol. The molecule has 2 rings (SSSR count). The summed E-state index contributed by atoms with van der Waals surface area (Å²) < 4.78 is 6.47. The van der Waals surface area contributed by atoms with Crippen molar-refractivity contribution in [3.63, 3.8) is 0 Å². The zero-order chi connectivity index (χ0) is 12.4. The molecule has 0 aromatic heterocycles. The molecule has 1 saturated heterocycles. The van der Waals surface area contributed by atoms with Gasteiger partial charge in [0.05, 0.1) is 13.2 Å². The molecule has 0 unspecified atom stereocenters. The van der Waals surface area contributed by atoms with Crippen molar-refractivity contribution in [1.82, 2.24) is 4.90 Å². The fourth-order valence-electron chi connectivity index (χ4n) is 2.23. The summed E-state index contributed by atoms with van der Waals surface area (Å²) in [6.45, 7) is 4.64. The summed E-state index contributed by atoms with van der Waals surface area (Å²) >= 11 is 3.51. The summed E-state index contributed by atoms with van der Waals surface area (Å²) in [5, 5.41) is 9.52. The molecule has 1 aliphatic heterocycles. The van der Waals surface area contributed by atoms with Gasteiger partial charge in [-0.2, -0.15) is 0 Å². The number of nitrogens with zero attached hydrogens (tertiary/aromatic N) is 1. The second-order valence-electron chi connectivity index (χ2n) is 4.59. The molecule has 17 heavy (non-hydrogen) atoms. The van der Waals surface area contributed by atoms with Gasteiger partial charge in [-0.05, 0) is 31.0 Å². The Morgan fingerprint density at radius 2 is 2.29 bits per heavy atom. The topological polar surface area (TPSA) is 32.7 Å². The molecule has 3 nitrogen and oxygen atoms in total. The first-order valence-electron chi connectivity index (χ1n) is 5.83. The molecule has 1 aromatic rings. The molecule has 0 saturated carbocycles. The van der Waals surface area contributed by atoms with Crippen LogP contribution in [-0.4, -0.2) is 36.3 Å². The van der Waals surface area contributed by atoms with Gasteiger partial charge in [-0.25, -0.2) is 0 Å². The van der Waals surface area contributed by atoms with E-state index in [0.29, 0.717) is 0 Å². The van der Waals surface area contributed by atoms with Crippen LogP contribution in [0.3, 0.4) is 0 Å². The fraction of sp³-hybridized carbons (Fsp3) is 0.538. The van der Waals surface area contributed by atoms with Gasteiger partial charge >= 0.3 is 0 Å². The van der Waals surface area contributed by atoms with Crippen LogP contribution in [0.2, 0.25) is 0 Å². The summed E-state index contributed by atoms with van der Waals surface area (Å²) in [6, 6.07) is 4.16. The highest BCUT2D eigenvalue weighted by molar-refractivity contribution is 9.10. The van der Waals surface area contributed by atoms with Crippen LogP contribution in [0.15, 0.2) is 16.6 Å². The van der Waals surface area contributed by atoms with Gasteiger partial charge in [0.25, 0.3) is 0 Å². The number of aliphatic hydroxyl groups excluding tert-OH is 1. The maximum atomic E-state index is 9.52. The number of benzene rings is 1. The second-order valence-corrected chi connectivity index (χ2v) is 5.45. The van der Waals surface area contributed by atoms with E-state index in [1.807, 2.05) is 6.07 Å². The van der Waals surface area contributed by atoms with E-state index in [1.165, 1.54) is 11.1 Å². The van der Waals surface area contributed by atoms with Crippen molar-refractivity contribution >= 4 is 15.9 Å². The Morgan fingerprint density at radius 3 is 2.88 bits per heavy atom. The summed E-state index contributed by atoms with van der Waals surface area (Å²) in [7, 11) is 1.69. The fourth-order valence-corrected chi connectivity index (χ4v) is 2.56. The molecule has 1 aromatic carbocycles. The van der Waals surface area contributed by atoms with Crippen molar-refractivity contribution in [3.8, 4) is 5.75 Å². The van der Waals surface area contributed by atoms with Gasteiger partial charge in [-0.3, -0.25) is 4.90 Å². The Labute approximate surface area is 111 Å². The quantitative estimate of drug-likeness (QED) is 0.930. The van der Waals surface area contributed by atoms with Crippen LogP contribution in [0.5, 0.6) is 5.75 Å². The number of ether oxygens (including phenoxy) is 1. The Bertz CT molecular complexity index is 409. The number of β-amino-alcohol motifs (C(OH)–C–C–N with tert-alkyl or cyclic N) is 1. The van der Waals surface area contributed by atoms with Crippen LogP contribution >= 0.6 is 15.9 Å². The van der Waals surface area contributed by atoms with Crippen molar-refractivity contribution in [2.45, 2.75) is 26.0 Å². The third-order valence-electron chi connectivity index (χ3n) is 3.20. The number of hydrogen-bond acceptors (Lipinski definition) is 3. The van der Waals surface area contributed by atoms with E-state index < -0.39 is 0 Å². The zero-order valence-electron chi connectivity index (χ0n) is 10.2. The summed E-state index contributed by atoms with van der Waals surface area (Å²) in [5.74, 6) is 0.906. The Balaban J connectivity index is 2.17. The maximum Gasteiger partial charge on any atom is 0.124 e. The minimum Gasteiger partial charge on any atom is -0.496 e. The standard InChI is InChI=1S/C13H18BrNO2/c1-9-5-10(13(17-2)6-12(9)14)7-15-4-3-11(16)8-15/h5-6,11,16H,3-4,7-8H2,1-2H3/t11-/m1/s1. The van der Waals surface area contributed by atoms with Gasteiger partial charge in [-0.1, -0.05) is 15.9 Å². The molecule has 0 bridgehead atoms. The lowest BCUT2D eigenvalue weighted by Crippen LogP contribution is -2.21. The molecule has 4 heteroatoms. The Kier molecular flexibility index (Phi) is 4.07. The minimum absolute atomic E-state index is 0.169. The molecular formula is C13H18BrNO2. The lowest BCUT2D eigenvalue weighted by molar-refractivity contribution is 0.174. The first kappa shape index (κ1) is 12.9. The van der Waals surface area contributed by atoms with Crippen molar-refractivity contribution < 1.29 is 9.84 Å². The first-order valence-corrected chi connectivity index (χ1v) is 6.63. The summed E-state index contributed by atoms with van der Waals surface area (Å²) in [4.78, 5) is 2.26. The highest BCUT2D eigenvalue weighted by Crippen LogP contribution is 2.28. The summed E-state index contributed by atoms with van der Waals surface area (Å²) in [6.07, 6.45) is 0.704. The van der Waals surface area contributed by atoms with Crippen LogP contribution in [0.4, 0.5) is 0 Å². The van der Waals surface area contributed by atoms with E-state index in [9.17, 15) is 5.11 Å². The number of methoxy groups -OCH3 is 1. The van der Waals surface area contributed by atoms with Crippen LogP contribution in [0, 0.1) is 6.92 Å². The van der Waals surface area contributed by atoms with Crippen LogP contribution in [-0.2, 0) is 6.54 Å².